The highest BCUT2D eigenvalue weighted by molar-refractivity contribution is 5.91. The summed E-state index contributed by atoms with van der Waals surface area (Å²) in [5.74, 6) is -0.303. The standard InChI is InChI=1S/C20H22N6O4/c1-12(27)25-7-6-13-4-5-15(8-14(13)9-25)22-16(28)10-26-11-21-18-17(26)19(29)24(3)20(30)23(18)2/h4-5,8,11H,6-7,9-10H2,1-3H3,(H,22,28). The number of aryl methyl sites for hydroxylation is 1. The van der Waals surface area contributed by atoms with Crippen LogP contribution in [0.15, 0.2) is 34.1 Å². The zero-order valence-corrected chi connectivity index (χ0v) is 17.0. The minimum absolute atomic E-state index is 0.0260. The highest BCUT2D eigenvalue weighted by Gasteiger charge is 2.19. The molecule has 0 saturated carbocycles. The van der Waals surface area contributed by atoms with Gasteiger partial charge in [0, 0.05) is 39.8 Å². The molecule has 0 radical (unpaired) electrons. The number of amides is 2. The summed E-state index contributed by atoms with van der Waals surface area (Å²) >= 11 is 0. The lowest BCUT2D eigenvalue weighted by Gasteiger charge is -2.28. The van der Waals surface area contributed by atoms with Gasteiger partial charge in [0.2, 0.25) is 11.8 Å². The predicted octanol–water partition coefficient (Wildman–Crippen LogP) is -0.0230. The van der Waals surface area contributed by atoms with Gasteiger partial charge in [0.15, 0.2) is 11.2 Å². The molecule has 4 rings (SSSR count). The van der Waals surface area contributed by atoms with Gasteiger partial charge in [-0.1, -0.05) is 6.07 Å². The number of aromatic nitrogens is 4. The molecule has 0 unspecified atom stereocenters. The van der Waals surface area contributed by atoms with Crippen LogP contribution in [0.2, 0.25) is 0 Å². The number of hydrogen-bond acceptors (Lipinski definition) is 5. The number of fused-ring (bicyclic) bond motifs is 2. The van der Waals surface area contributed by atoms with E-state index in [4.69, 9.17) is 0 Å². The van der Waals surface area contributed by atoms with Crippen molar-refractivity contribution < 1.29 is 9.59 Å². The number of nitrogens with one attached hydrogen (secondary N) is 1. The molecule has 3 heterocycles. The monoisotopic (exact) mass is 410 g/mol. The largest absolute Gasteiger partial charge is 0.338 e. The molecule has 3 aromatic rings. The molecule has 2 amide bonds. The molecule has 1 aliphatic rings. The molecule has 0 fully saturated rings. The molecule has 2 aromatic heterocycles. The molecule has 1 aromatic carbocycles. The minimum atomic E-state index is -0.503. The molecular formula is C20H22N6O4. The van der Waals surface area contributed by atoms with Crippen molar-refractivity contribution in [2.24, 2.45) is 14.1 Å². The third kappa shape index (κ3) is 3.30. The summed E-state index contributed by atoms with van der Waals surface area (Å²) in [4.78, 5) is 54.7. The van der Waals surface area contributed by atoms with Gasteiger partial charge in [-0.25, -0.2) is 9.78 Å². The Morgan fingerprint density at radius 2 is 1.90 bits per heavy atom. The number of rotatable bonds is 3. The van der Waals surface area contributed by atoms with Gasteiger partial charge in [0.1, 0.15) is 6.54 Å². The van der Waals surface area contributed by atoms with Gasteiger partial charge < -0.3 is 14.8 Å². The average Bonchev–Trinajstić information content (AvgIpc) is 3.13. The zero-order chi connectivity index (χ0) is 21.6. The minimum Gasteiger partial charge on any atom is -0.338 e. The summed E-state index contributed by atoms with van der Waals surface area (Å²) in [5.41, 5.74) is 2.23. The van der Waals surface area contributed by atoms with Crippen molar-refractivity contribution in [2.75, 3.05) is 11.9 Å². The number of imidazole rings is 1. The maximum atomic E-state index is 12.6. The fraction of sp³-hybridized carbons (Fsp3) is 0.350. The quantitative estimate of drug-likeness (QED) is 0.652. The van der Waals surface area contributed by atoms with E-state index in [1.54, 1.807) is 11.8 Å². The Balaban J connectivity index is 1.57. The number of carbonyl (C=O) groups is 2. The number of carbonyl (C=O) groups excluding carboxylic acids is 2. The predicted molar refractivity (Wildman–Crippen MR) is 110 cm³/mol. The second kappa shape index (κ2) is 7.29. The molecule has 10 heteroatoms. The van der Waals surface area contributed by atoms with E-state index >= 15 is 0 Å². The first-order chi connectivity index (χ1) is 14.3. The first-order valence-corrected chi connectivity index (χ1v) is 9.54. The van der Waals surface area contributed by atoms with Crippen LogP contribution in [0.5, 0.6) is 0 Å². The second-order valence-electron chi connectivity index (χ2n) is 7.47. The van der Waals surface area contributed by atoms with Crippen molar-refractivity contribution in [2.45, 2.75) is 26.4 Å². The molecular weight excluding hydrogens is 388 g/mol. The van der Waals surface area contributed by atoms with E-state index in [1.807, 2.05) is 18.2 Å². The van der Waals surface area contributed by atoms with E-state index in [1.165, 1.54) is 29.6 Å². The average molecular weight is 410 g/mol. The lowest BCUT2D eigenvalue weighted by atomic mass is 9.99. The van der Waals surface area contributed by atoms with Crippen molar-refractivity contribution in [1.29, 1.82) is 0 Å². The van der Waals surface area contributed by atoms with Gasteiger partial charge in [-0.15, -0.1) is 0 Å². The van der Waals surface area contributed by atoms with E-state index in [2.05, 4.69) is 10.3 Å². The van der Waals surface area contributed by atoms with Crippen LogP contribution in [-0.2, 0) is 43.2 Å². The van der Waals surface area contributed by atoms with Crippen molar-refractivity contribution in [1.82, 2.24) is 23.6 Å². The smallest absolute Gasteiger partial charge is 0.332 e. The van der Waals surface area contributed by atoms with Crippen molar-refractivity contribution >= 4 is 28.7 Å². The normalized spacial score (nSPS) is 13.4. The van der Waals surface area contributed by atoms with Crippen molar-refractivity contribution in [3.63, 3.8) is 0 Å². The summed E-state index contributed by atoms with van der Waals surface area (Å²) < 4.78 is 3.69. The Bertz CT molecular complexity index is 1300. The van der Waals surface area contributed by atoms with Gasteiger partial charge in [-0.05, 0) is 29.7 Å². The topological polar surface area (TPSA) is 111 Å². The summed E-state index contributed by atoms with van der Waals surface area (Å²) in [7, 11) is 2.91. The van der Waals surface area contributed by atoms with E-state index in [9.17, 15) is 19.2 Å². The van der Waals surface area contributed by atoms with E-state index in [0.29, 0.717) is 18.8 Å². The van der Waals surface area contributed by atoms with Gasteiger partial charge in [-0.3, -0.25) is 23.5 Å². The Labute approximate surface area is 171 Å². The van der Waals surface area contributed by atoms with Crippen LogP contribution in [0.1, 0.15) is 18.1 Å². The molecule has 1 N–H and O–H groups in total. The molecule has 1 aliphatic heterocycles. The molecule has 0 atom stereocenters. The van der Waals surface area contributed by atoms with Crippen molar-refractivity contribution in [3.8, 4) is 0 Å². The van der Waals surface area contributed by atoms with Crippen LogP contribution in [0, 0.1) is 0 Å². The first-order valence-electron chi connectivity index (χ1n) is 9.54. The molecule has 30 heavy (non-hydrogen) atoms. The van der Waals surface area contributed by atoms with Gasteiger partial charge in [0.25, 0.3) is 5.56 Å². The van der Waals surface area contributed by atoms with Gasteiger partial charge in [0.05, 0.1) is 6.33 Å². The fourth-order valence-electron chi connectivity index (χ4n) is 3.78. The summed E-state index contributed by atoms with van der Waals surface area (Å²) in [5, 5.41) is 2.83. The second-order valence-corrected chi connectivity index (χ2v) is 7.47. The Morgan fingerprint density at radius 3 is 2.63 bits per heavy atom. The third-order valence-corrected chi connectivity index (χ3v) is 5.48. The van der Waals surface area contributed by atoms with Crippen LogP contribution < -0.4 is 16.6 Å². The summed E-state index contributed by atoms with van der Waals surface area (Å²) in [6, 6.07) is 5.66. The number of nitrogens with zero attached hydrogens (tertiary/aromatic N) is 5. The van der Waals surface area contributed by atoms with Crippen LogP contribution in [0.3, 0.4) is 0 Å². The summed E-state index contributed by atoms with van der Waals surface area (Å²) in [6.45, 7) is 2.64. The maximum absolute atomic E-state index is 12.6. The number of hydrogen-bond donors (Lipinski definition) is 1. The Kier molecular flexibility index (Phi) is 4.76. The van der Waals surface area contributed by atoms with Crippen LogP contribution >= 0.6 is 0 Å². The molecule has 0 bridgehead atoms. The molecule has 156 valence electrons. The lowest BCUT2D eigenvalue weighted by Crippen LogP contribution is -2.37. The zero-order valence-electron chi connectivity index (χ0n) is 17.0. The van der Waals surface area contributed by atoms with E-state index in [0.717, 1.165) is 22.1 Å². The fourth-order valence-corrected chi connectivity index (χ4v) is 3.78. The molecule has 0 aliphatic carbocycles. The Morgan fingerprint density at radius 1 is 1.13 bits per heavy atom. The van der Waals surface area contributed by atoms with Crippen LogP contribution in [-0.4, -0.2) is 41.9 Å². The maximum Gasteiger partial charge on any atom is 0.332 e. The molecule has 0 spiro atoms. The lowest BCUT2D eigenvalue weighted by molar-refractivity contribution is -0.129. The third-order valence-electron chi connectivity index (χ3n) is 5.48. The van der Waals surface area contributed by atoms with Crippen LogP contribution in [0.25, 0.3) is 11.2 Å². The molecule has 10 nitrogen and oxygen atoms in total. The van der Waals surface area contributed by atoms with E-state index < -0.39 is 11.2 Å². The number of benzene rings is 1. The van der Waals surface area contributed by atoms with Crippen molar-refractivity contribution in [3.05, 3.63) is 56.5 Å². The highest BCUT2D eigenvalue weighted by atomic mass is 16.2. The molecule has 0 saturated heterocycles. The van der Waals surface area contributed by atoms with Gasteiger partial charge >= 0.3 is 5.69 Å². The highest BCUT2D eigenvalue weighted by Crippen LogP contribution is 2.23. The van der Waals surface area contributed by atoms with E-state index in [-0.39, 0.29) is 29.5 Å². The van der Waals surface area contributed by atoms with Crippen LogP contribution in [0.4, 0.5) is 5.69 Å². The van der Waals surface area contributed by atoms with Gasteiger partial charge in [-0.2, -0.15) is 0 Å². The SMILES string of the molecule is CC(=O)N1CCc2ccc(NC(=O)Cn3cnc4c3c(=O)n(C)c(=O)n4C)cc2C1. The number of anilines is 1. The summed E-state index contributed by atoms with van der Waals surface area (Å²) in [6.07, 6.45) is 2.16. The first kappa shape index (κ1) is 19.6. The Hall–Kier alpha value is -3.69.